The molecule has 0 heterocycles. The molecule has 0 fully saturated rings. The van der Waals surface area contributed by atoms with Gasteiger partial charge >= 0.3 is 5.97 Å². The molecule has 0 unspecified atom stereocenters. The highest BCUT2D eigenvalue weighted by Crippen LogP contribution is 2.26. The monoisotopic (exact) mass is 189 g/mol. The summed E-state index contributed by atoms with van der Waals surface area (Å²) in [5.41, 5.74) is 9.10. The number of ether oxygens (including phenoxy) is 1. The van der Waals surface area contributed by atoms with E-state index in [-0.39, 0.29) is 5.97 Å². The molecular weight excluding hydrogens is 178 g/mol. The van der Waals surface area contributed by atoms with Crippen molar-refractivity contribution in [3.05, 3.63) is 34.9 Å². The number of anilines is 1. The molecule has 72 valence electrons. The highest BCUT2D eigenvalue weighted by Gasteiger charge is 2.13. The number of nitrogen functional groups attached to an aromatic ring is 1. The Morgan fingerprint density at radius 1 is 1.50 bits per heavy atom. The first kappa shape index (κ1) is 8.81. The Morgan fingerprint density at radius 2 is 2.29 bits per heavy atom. The first-order valence-corrected chi connectivity index (χ1v) is 4.39. The van der Waals surface area contributed by atoms with Gasteiger partial charge < -0.3 is 10.5 Å². The highest BCUT2D eigenvalue weighted by atomic mass is 16.5. The standard InChI is InChI=1S/C11H11NO2/c1-14-11(13)8-5-7-3-2-4-9(7)10(12)6-8/h2-3,5-6H,4,12H2,1H3. The first-order valence-electron chi connectivity index (χ1n) is 4.39. The largest absolute Gasteiger partial charge is 0.465 e. The lowest BCUT2D eigenvalue weighted by Crippen LogP contribution is -2.04. The van der Waals surface area contributed by atoms with Crippen molar-refractivity contribution in [2.75, 3.05) is 12.8 Å². The van der Waals surface area contributed by atoms with Crippen LogP contribution in [0.5, 0.6) is 0 Å². The van der Waals surface area contributed by atoms with E-state index in [0.29, 0.717) is 11.3 Å². The fourth-order valence-electron chi connectivity index (χ4n) is 1.64. The maximum absolute atomic E-state index is 11.3. The lowest BCUT2D eigenvalue weighted by atomic mass is 10.0. The third kappa shape index (κ3) is 1.27. The van der Waals surface area contributed by atoms with Crippen LogP contribution in [0.2, 0.25) is 0 Å². The second kappa shape index (κ2) is 3.18. The molecule has 0 aliphatic heterocycles. The average Bonchev–Trinajstić information content (AvgIpc) is 2.64. The number of allylic oxidation sites excluding steroid dienone is 1. The number of hydrogen-bond donors (Lipinski definition) is 1. The summed E-state index contributed by atoms with van der Waals surface area (Å²) in [6.45, 7) is 0. The minimum absolute atomic E-state index is 0.347. The number of fused-ring (bicyclic) bond motifs is 1. The second-order valence-corrected chi connectivity index (χ2v) is 3.23. The van der Waals surface area contributed by atoms with Crippen LogP contribution in [-0.2, 0) is 11.2 Å². The first-order chi connectivity index (χ1) is 6.72. The van der Waals surface area contributed by atoms with Crippen molar-refractivity contribution in [3.63, 3.8) is 0 Å². The Labute approximate surface area is 82.2 Å². The number of esters is 1. The van der Waals surface area contributed by atoms with Gasteiger partial charge in [-0.05, 0) is 29.7 Å². The summed E-state index contributed by atoms with van der Waals surface area (Å²) >= 11 is 0. The van der Waals surface area contributed by atoms with Gasteiger partial charge in [-0.1, -0.05) is 12.2 Å². The number of methoxy groups -OCH3 is 1. The molecule has 1 aliphatic rings. The van der Waals surface area contributed by atoms with Gasteiger partial charge in [0, 0.05) is 5.69 Å². The van der Waals surface area contributed by atoms with Gasteiger partial charge in [0.25, 0.3) is 0 Å². The van der Waals surface area contributed by atoms with Crippen LogP contribution in [0.3, 0.4) is 0 Å². The van der Waals surface area contributed by atoms with Crippen LogP contribution in [0.15, 0.2) is 18.2 Å². The van der Waals surface area contributed by atoms with E-state index in [4.69, 9.17) is 5.73 Å². The molecule has 14 heavy (non-hydrogen) atoms. The van der Waals surface area contributed by atoms with Gasteiger partial charge in [0.05, 0.1) is 12.7 Å². The Bertz CT molecular complexity index is 422. The van der Waals surface area contributed by atoms with Crippen LogP contribution in [-0.4, -0.2) is 13.1 Å². The van der Waals surface area contributed by atoms with E-state index in [1.165, 1.54) is 7.11 Å². The van der Waals surface area contributed by atoms with Crippen molar-refractivity contribution >= 4 is 17.7 Å². The molecule has 0 bridgehead atoms. The van der Waals surface area contributed by atoms with Gasteiger partial charge in [-0.2, -0.15) is 0 Å². The predicted molar refractivity (Wildman–Crippen MR) is 54.9 cm³/mol. The van der Waals surface area contributed by atoms with Gasteiger partial charge in [-0.3, -0.25) is 0 Å². The molecule has 1 aromatic rings. The predicted octanol–water partition coefficient (Wildman–Crippen LogP) is 1.62. The zero-order valence-corrected chi connectivity index (χ0v) is 7.91. The van der Waals surface area contributed by atoms with Gasteiger partial charge in [-0.25, -0.2) is 4.79 Å². The fraction of sp³-hybridized carbons (Fsp3) is 0.182. The third-order valence-corrected chi connectivity index (χ3v) is 2.36. The quantitative estimate of drug-likeness (QED) is 0.539. The minimum atomic E-state index is -0.347. The summed E-state index contributed by atoms with van der Waals surface area (Å²) in [6, 6.07) is 3.47. The molecule has 2 rings (SSSR count). The lowest BCUT2D eigenvalue weighted by molar-refractivity contribution is 0.0601. The van der Waals surface area contributed by atoms with E-state index in [9.17, 15) is 4.79 Å². The molecule has 0 aromatic heterocycles. The number of carbonyl (C=O) groups excluding carboxylic acids is 1. The molecule has 1 aromatic carbocycles. The van der Waals surface area contributed by atoms with Crippen LogP contribution in [0.1, 0.15) is 21.5 Å². The van der Waals surface area contributed by atoms with Crippen molar-refractivity contribution in [2.24, 2.45) is 0 Å². The molecule has 0 amide bonds. The zero-order chi connectivity index (χ0) is 10.1. The Balaban J connectivity index is 2.51. The van der Waals surface area contributed by atoms with E-state index >= 15 is 0 Å². The molecule has 0 radical (unpaired) electrons. The lowest BCUT2D eigenvalue weighted by Gasteiger charge is -2.06. The second-order valence-electron chi connectivity index (χ2n) is 3.23. The van der Waals surface area contributed by atoms with Crippen molar-refractivity contribution in [2.45, 2.75) is 6.42 Å². The van der Waals surface area contributed by atoms with Crippen LogP contribution >= 0.6 is 0 Å². The van der Waals surface area contributed by atoms with Crippen LogP contribution < -0.4 is 5.73 Å². The number of benzene rings is 1. The maximum Gasteiger partial charge on any atom is 0.337 e. The molecule has 3 nitrogen and oxygen atoms in total. The molecule has 0 saturated carbocycles. The SMILES string of the molecule is COC(=O)c1cc(N)c2c(c1)C=CC2. The van der Waals surface area contributed by atoms with Crippen LogP contribution in [0.4, 0.5) is 5.69 Å². The molecule has 3 heteroatoms. The molecule has 0 atom stereocenters. The molecule has 0 saturated heterocycles. The van der Waals surface area contributed by atoms with Gasteiger partial charge in [0.2, 0.25) is 0 Å². The van der Waals surface area contributed by atoms with Gasteiger partial charge in [-0.15, -0.1) is 0 Å². The van der Waals surface area contributed by atoms with E-state index in [0.717, 1.165) is 17.5 Å². The number of carbonyl (C=O) groups is 1. The Kier molecular flexibility index (Phi) is 2.00. The third-order valence-electron chi connectivity index (χ3n) is 2.36. The number of nitrogens with two attached hydrogens (primary N) is 1. The number of hydrogen-bond acceptors (Lipinski definition) is 3. The van der Waals surface area contributed by atoms with Crippen molar-refractivity contribution in [3.8, 4) is 0 Å². The van der Waals surface area contributed by atoms with Gasteiger partial charge in [0.15, 0.2) is 0 Å². The van der Waals surface area contributed by atoms with Crippen LogP contribution in [0, 0.1) is 0 Å². The Hall–Kier alpha value is -1.77. The maximum atomic E-state index is 11.3. The average molecular weight is 189 g/mol. The fourth-order valence-corrected chi connectivity index (χ4v) is 1.64. The van der Waals surface area contributed by atoms with Crippen molar-refractivity contribution in [1.29, 1.82) is 0 Å². The van der Waals surface area contributed by atoms with Gasteiger partial charge in [0.1, 0.15) is 0 Å². The summed E-state index contributed by atoms with van der Waals surface area (Å²) in [4.78, 5) is 11.3. The summed E-state index contributed by atoms with van der Waals surface area (Å²) in [5, 5.41) is 0. The number of rotatable bonds is 1. The summed E-state index contributed by atoms with van der Waals surface area (Å²) < 4.78 is 4.63. The molecule has 1 aliphatic carbocycles. The highest BCUT2D eigenvalue weighted by molar-refractivity contribution is 5.92. The minimum Gasteiger partial charge on any atom is -0.465 e. The van der Waals surface area contributed by atoms with E-state index in [1.807, 2.05) is 12.2 Å². The summed E-state index contributed by atoms with van der Waals surface area (Å²) in [5.74, 6) is -0.347. The molecular formula is C11H11NO2. The zero-order valence-electron chi connectivity index (χ0n) is 7.91. The molecule has 0 spiro atoms. The smallest absolute Gasteiger partial charge is 0.337 e. The van der Waals surface area contributed by atoms with Crippen molar-refractivity contribution < 1.29 is 9.53 Å². The normalized spacial score (nSPS) is 12.6. The molecule has 2 N–H and O–H groups in total. The van der Waals surface area contributed by atoms with E-state index < -0.39 is 0 Å². The summed E-state index contributed by atoms with van der Waals surface area (Å²) in [6.07, 6.45) is 4.85. The van der Waals surface area contributed by atoms with Crippen molar-refractivity contribution in [1.82, 2.24) is 0 Å². The van der Waals surface area contributed by atoms with E-state index in [1.54, 1.807) is 12.1 Å². The topological polar surface area (TPSA) is 52.3 Å². The Morgan fingerprint density at radius 3 is 3.00 bits per heavy atom. The van der Waals surface area contributed by atoms with E-state index in [2.05, 4.69) is 4.74 Å². The summed E-state index contributed by atoms with van der Waals surface area (Å²) in [7, 11) is 1.36. The van der Waals surface area contributed by atoms with Crippen LogP contribution in [0.25, 0.3) is 6.08 Å².